The Balaban J connectivity index is 4.94. The maximum atomic E-state index is 12.3. The minimum atomic E-state index is -1.58. The number of primary amides is 1. The van der Waals surface area contributed by atoms with Gasteiger partial charge < -0.3 is 54.2 Å². The summed E-state index contributed by atoms with van der Waals surface area (Å²) in [6, 6.07) is -5.65. The van der Waals surface area contributed by atoms with Gasteiger partial charge in [0.1, 0.15) is 18.1 Å². The Bertz CT molecular complexity index is 728. The minimum absolute atomic E-state index is 0.0392. The molecule has 188 valence electrons. The van der Waals surface area contributed by atoms with Crippen molar-refractivity contribution in [3.05, 3.63) is 0 Å². The molecule has 0 aromatic carbocycles. The van der Waals surface area contributed by atoms with Gasteiger partial charge in [0.25, 0.3) is 0 Å². The van der Waals surface area contributed by atoms with Crippen LogP contribution in [0, 0.1) is 0 Å². The standard InChI is InChI=1S/C17H32N8O8/c18-8(3-4-12(19)28)13(29)24-10(6-26)15(31)25-11(7-27)14(30)23-9(16(32)33)2-1-5-22-17(20)21/h8-11,26-27H,1-7,18H2,(H2,19,28)(H,23,30)(H,24,29)(H,25,31)(H,32,33)(H4,20,21,22). The summed E-state index contributed by atoms with van der Waals surface area (Å²) in [6.45, 7) is -1.65. The molecule has 0 bridgehead atoms. The van der Waals surface area contributed by atoms with Crippen molar-refractivity contribution in [1.82, 2.24) is 16.0 Å². The number of nitrogens with two attached hydrogens (primary N) is 4. The van der Waals surface area contributed by atoms with Crippen LogP contribution in [0.4, 0.5) is 0 Å². The average Bonchev–Trinajstić information content (AvgIpc) is 2.74. The summed E-state index contributed by atoms with van der Waals surface area (Å²) in [4.78, 5) is 62.5. The van der Waals surface area contributed by atoms with Crippen LogP contribution < -0.4 is 38.9 Å². The summed E-state index contributed by atoms with van der Waals surface area (Å²) in [5.41, 5.74) is 20.9. The first kappa shape index (κ1) is 29.5. The van der Waals surface area contributed by atoms with Crippen LogP contribution in [0.2, 0.25) is 0 Å². The van der Waals surface area contributed by atoms with Crippen molar-refractivity contribution in [1.29, 1.82) is 0 Å². The summed E-state index contributed by atoms with van der Waals surface area (Å²) in [5, 5.41) is 34.5. The van der Waals surface area contributed by atoms with Gasteiger partial charge in [-0.1, -0.05) is 0 Å². The van der Waals surface area contributed by atoms with Crippen LogP contribution in [-0.4, -0.2) is 94.8 Å². The van der Waals surface area contributed by atoms with Gasteiger partial charge in [0, 0.05) is 13.0 Å². The smallest absolute Gasteiger partial charge is 0.326 e. The normalized spacial score (nSPS) is 14.2. The first-order valence-electron chi connectivity index (χ1n) is 9.87. The largest absolute Gasteiger partial charge is 0.480 e. The molecule has 0 aliphatic heterocycles. The van der Waals surface area contributed by atoms with Crippen molar-refractivity contribution in [3.63, 3.8) is 0 Å². The molecule has 0 fully saturated rings. The van der Waals surface area contributed by atoms with Crippen molar-refractivity contribution in [3.8, 4) is 0 Å². The van der Waals surface area contributed by atoms with Gasteiger partial charge in [0.05, 0.1) is 19.3 Å². The maximum Gasteiger partial charge on any atom is 0.326 e. The fourth-order valence-electron chi connectivity index (χ4n) is 2.40. The van der Waals surface area contributed by atoms with Crippen LogP contribution in [0.3, 0.4) is 0 Å². The first-order chi connectivity index (χ1) is 15.4. The molecule has 14 N–H and O–H groups in total. The Labute approximate surface area is 189 Å². The van der Waals surface area contributed by atoms with E-state index in [1.807, 2.05) is 0 Å². The topological polar surface area (TPSA) is 299 Å². The highest BCUT2D eigenvalue weighted by Crippen LogP contribution is 2.00. The van der Waals surface area contributed by atoms with Gasteiger partial charge in [-0.25, -0.2) is 4.79 Å². The monoisotopic (exact) mass is 476 g/mol. The summed E-state index contributed by atoms with van der Waals surface area (Å²) in [5.74, 6) is -5.12. The number of carbonyl (C=O) groups excluding carboxylic acids is 4. The van der Waals surface area contributed by atoms with Crippen molar-refractivity contribution >= 4 is 35.6 Å². The van der Waals surface area contributed by atoms with Crippen molar-refractivity contribution in [2.45, 2.75) is 49.9 Å². The number of nitrogens with zero attached hydrogens (tertiary/aromatic N) is 1. The number of aliphatic imine (C=N–C) groups is 1. The van der Waals surface area contributed by atoms with Gasteiger partial charge in [-0.2, -0.15) is 0 Å². The Kier molecular flexibility index (Phi) is 13.7. The van der Waals surface area contributed by atoms with Gasteiger partial charge in [0.2, 0.25) is 23.6 Å². The molecule has 33 heavy (non-hydrogen) atoms. The van der Waals surface area contributed by atoms with Crippen LogP contribution in [0.25, 0.3) is 0 Å². The molecule has 4 amide bonds. The molecule has 0 radical (unpaired) electrons. The van der Waals surface area contributed by atoms with E-state index in [1.165, 1.54) is 0 Å². The second-order valence-corrected chi connectivity index (χ2v) is 6.95. The minimum Gasteiger partial charge on any atom is -0.480 e. The number of aliphatic hydroxyl groups is 2. The molecule has 0 saturated carbocycles. The lowest BCUT2D eigenvalue weighted by molar-refractivity contribution is -0.142. The van der Waals surface area contributed by atoms with E-state index in [0.717, 1.165) is 0 Å². The highest BCUT2D eigenvalue weighted by Gasteiger charge is 2.29. The van der Waals surface area contributed by atoms with Crippen LogP contribution in [0.1, 0.15) is 25.7 Å². The second kappa shape index (κ2) is 15.3. The lowest BCUT2D eigenvalue weighted by Crippen LogP contribution is -2.59. The first-order valence-corrected chi connectivity index (χ1v) is 9.87. The Morgan fingerprint density at radius 2 is 1.27 bits per heavy atom. The van der Waals surface area contributed by atoms with E-state index in [4.69, 9.17) is 22.9 Å². The molecule has 0 aromatic heterocycles. The van der Waals surface area contributed by atoms with Gasteiger partial charge >= 0.3 is 5.97 Å². The highest BCUT2D eigenvalue weighted by molar-refractivity contribution is 5.94. The van der Waals surface area contributed by atoms with Crippen LogP contribution in [-0.2, 0) is 24.0 Å². The van der Waals surface area contributed by atoms with E-state index < -0.39 is 67.0 Å². The number of rotatable bonds is 16. The summed E-state index contributed by atoms with van der Waals surface area (Å²) < 4.78 is 0. The van der Waals surface area contributed by atoms with Crippen LogP contribution >= 0.6 is 0 Å². The van der Waals surface area contributed by atoms with Gasteiger partial charge in [-0.3, -0.25) is 24.2 Å². The lowest BCUT2D eigenvalue weighted by Gasteiger charge is -2.23. The molecule has 16 heteroatoms. The maximum absolute atomic E-state index is 12.3. The molecule has 0 aliphatic rings. The number of hydrogen-bond acceptors (Lipinski definition) is 9. The van der Waals surface area contributed by atoms with Crippen molar-refractivity contribution in [2.75, 3.05) is 19.8 Å². The Hall–Kier alpha value is -3.50. The Morgan fingerprint density at radius 1 is 0.788 bits per heavy atom. The van der Waals surface area contributed by atoms with E-state index in [2.05, 4.69) is 20.9 Å². The zero-order valence-electron chi connectivity index (χ0n) is 17.9. The van der Waals surface area contributed by atoms with E-state index in [0.29, 0.717) is 0 Å². The predicted octanol–water partition coefficient (Wildman–Crippen LogP) is -5.84. The van der Waals surface area contributed by atoms with Gasteiger partial charge in [-0.05, 0) is 19.3 Å². The number of guanidine groups is 1. The molecule has 4 atom stereocenters. The van der Waals surface area contributed by atoms with Crippen molar-refractivity contribution < 1.29 is 39.3 Å². The molecule has 0 aromatic rings. The molecular weight excluding hydrogens is 444 g/mol. The molecular formula is C17H32N8O8. The summed E-state index contributed by atoms with van der Waals surface area (Å²) in [6.07, 6.45) is -0.0845. The fraction of sp³-hybridized carbons (Fsp3) is 0.647. The molecule has 0 spiro atoms. The molecule has 0 aliphatic carbocycles. The number of carboxylic acid groups (broad SMARTS) is 1. The number of carbonyl (C=O) groups is 5. The van der Waals surface area contributed by atoms with E-state index >= 15 is 0 Å². The van der Waals surface area contributed by atoms with Crippen LogP contribution in [0.15, 0.2) is 4.99 Å². The SMILES string of the molecule is NC(=O)CCC(N)C(=O)NC(CO)C(=O)NC(CO)C(=O)NC(CCCN=C(N)N)C(=O)O. The number of carboxylic acids is 1. The molecule has 0 heterocycles. The van der Waals surface area contributed by atoms with Gasteiger partial charge in [-0.15, -0.1) is 0 Å². The van der Waals surface area contributed by atoms with E-state index in [-0.39, 0.29) is 38.2 Å². The number of aliphatic carboxylic acids is 1. The quantitative estimate of drug-likeness (QED) is 0.0568. The molecule has 0 saturated heterocycles. The van der Waals surface area contributed by atoms with E-state index in [1.54, 1.807) is 0 Å². The fourth-order valence-corrected chi connectivity index (χ4v) is 2.40. The zero-order chi connectivity index (χ0) is 25.6. The lowest BCUT2D eigenvalue weighted by atomic mass is 10.1. The summed E-state index contributed by atoms with van der Waals surface area (Å²) >= 11 is 0. The third-order valence-corrected chi connectivity index (χ3v) is 4.23. The number of amides is 4. The Morgan fingerprint density at radius 3 is 1.70 bits per heavy atom. The zero-order valence-corrected chi connectivity index (χ0v) is 17.9. The van der Waals surface area contributed by atoms with Crippen LogP contribution in [0.5, 0.6) is 0 Å². The number of aliphatic hydroxyl groups excluding tert-OH is 2. The molecule has 4 unspecified atom stereocenters. The molecule has 0 rings (SSSR count). The molecule has 16 nitrogen and oxygen atoms in total. The predicted molar refractivity (Wildman–Crippen MR) is 114 cm³/mol. The third kappa shape index (κ3) is 12.2. The highest BCUT2D eigenvalue weighted by atomic mass is 16.4. The summed E-state index contributed by atoms with van der Waals surface area (Å²) in [7, 11) is 0. The van der Waals surface area contributed by atoms with Gasteiger partial charge in [0.15, 0.2) is 5.96 Å². The second-order valence-electron chi connectivity index (χ2n) is 6.95. The average molecular weight is 476 g/mol. The number of hydrogen-bond donors (Lipinski definition) is 10. The van der Waals surface area contributed by atoms with E-state index in [9.17, 15) is 39.3 Å². The third-order valence-electron chi connectivity index (χ3n) is 4.23. The number of nitrogens with one attached hydrogen (secondary N) is 3. The van der Waals surface area contributed by atoms with Crippen molar-refractivity contribution in [2.24, 2.45) is 27.9 Å².